The Morgan fingerprint density at radius 1 is 1.06 bits per heavy atom. The molecule has 4 rings (SSSR count). The summed E-state index contributed by atoms with van der Waals surface area (Å²) in [4.78, 5) is 40.4. The number of para-hydroxylation sites is 1. The number of nitro benzene ring substituents is 1. The lowest BCUT2D eigenvalue weighted by Crippen LogP contribution is -2.39. The minimum atomic E-state index is -0.751. The summed E-state index contributed by atoms with van der Waals surface area (Å²) in [6.07, 6.45) is 1.83. The van der Waals surface area contributed by atoms with E-state index in [1.165, 1.54) is 12.1 Å². The molecular formula is C25H29N3O5. The summed E-state index contributed by atoms with van der Waals surface area (Å²) >= 11 is 0. The number of nitro groups is 1. The van der Waals surface area contributed by atoms with E-state index in [0.29, 0.717) is 17.5 Å². The summed E-state index contributed by atoms with van der Waals surface area (Å²) in [7, 11) is 0. The van der Waals surface area contributed by atoms with Gasteiger partial charge in [0.2, 0.25) is 0 Å². The molecular weight excluding hydrogens is 422 g/mol. The van der Waals surface area contributed by atoms with Crippen molar-refractivity contribution in [3.05, 3.63) is 63.7 Å². The number of hydrogen-bond donors (Lipinski definition) is 0. The average molecular weight is 452 g/mol. The van der Waals surface area contributed by atoms with Gasteiger partial charge in [0.1, 0.15) is 5.69 Å². The molecule has 8 nitrogen and oxygen atoms in total. The number of fused-ring (bicyclic) bond motifs is 1. The van der Waals surface area contributed by atoms with E-state index in [-0.39, 0.29) is 23.2 Å². The molecule has 2 aromatic rings. The maximum atomic E-state index is 12.8. The van der Waals surface area contributed by atoms with E-state index in [4.69, 9.17) is 4.74 Å². The van der Waals surface area contributed by atoms with Crippen LogP contribution in [0.25, 0.3) is 0 Å². The fourth-order valence-corrected chi connectivity index (χ4v) is 5.15. The molecule has 1 fully saturated rings. The van der Waals surface area contributed by atoms with Gasteiger partial charge in [-0.3, -0.25) is 14.9 Å². The first-order chi connectivity index (χ1) is 15.7. The summed E-state index contributed by atoms with van der Waals surface area (Å²) in [6, 6.07) is 12.0. The minimum absolute atomic E-state index is 0.0247. The van der Waals surface area contributed by atoms with Crippen LogP contribution in [0.4, 0.5) is 17.1 Å². The van der Waals surface area contributed by atoms with Gasteiger partial charge in [0, 0.05) is 30.9 Å². The molecule has 2 heterocycles. The smallest absolute Gasteiger partial charge is 0.338 e. The first-order valence-corrected chi connectivity index (χ1v) is 11.3. The highest BCUT2D eigenvalue weighted by molar-refractivity contribution is 5.99. The van der Waals surface area contributed by atoms with Gasteiger partial charge in [-0.25, -0.2) is 4.79 Å². The molecule has 0 radical (unpaired) electrons. The highest BCUT2D eigenvalue weighted by Gasteiger charge is 2.32. The van der Waals surface area contributed by atoms with Crippen molar-refractivity contribution in [3.8, 4) is 0 Å². The molecule has 2 aliphatic rings. The third kappa shape index (κ3) is 4.69. The quantitative estimate of drug-likeness (QED) is 0.384. The molecule has 2 aromatic carbocycles. The lowest BCUT2D eigenvalue weighted by Gasteiger charge is -2.36. The summed E-state index contributed by atoms with van der Waals surface area (Å²) in [6.45, 7) is 7.27. The molecule has 2 aliphatic heterocycles. The molecule has 0 bridgehead atoms. The van der Waals surface area contributed by atoms with Gasteiger partial charge in [-0.2, -0.15) is 0 Å². The molecule has 0 aromatic heterocycles. The largest absolute Gasteiger partial charge is 0.452 e. The van der Waals surface area contributed by atoms with Crippen LogP contribution >= 0.6 is 0 Å². The van der Waals surface area contributed by atoms with Gasteiger partial charge < -0.3 is 14.5 Å². The number of piperidine rings is 1. The maximum absolute atomic E-state index is 12.8. The Balaban J connectivity index is 1.47. The van der Waals surface area contributed by atoms with Gasteiger partial charge in [-0.05, 0) is 55.4 Å². The molecule has 8 heteroatoms. The van der Waals surface area contributed by atoms with E-state index in [1.54, 1.807) is 11.0 Å². The predicted molar refractivity (Wildman–Crippen MR) is 126 cm³/mol. The van der Waals surface area contributed by atoms with Crippen molar-refractivity contribution in [1.29, 1.82) is 0 Å². The van der Waals surface area contributed by atoms with Crippen LogP contribution in [-0.2, 0) is 16.0 Å². The highest BCUT2D eigenvalue weighted by atomic mass is 16.6. The molecule has 0 N–H and O–H groups in total. The average Bonchev–Trinajstić information content (AvgIpc) is 3.11. The Kier molecular flexibility index (Phi) is 6.35. The standard InChI is InChI=1S/C25H29N3O5/c1-16-10-17(2)14-26(13-16)22-9-8-20(12-23(22)28(31)32)25(30)33-15-24(29)27-18(3)11-19-6-4-5-7-21(19)27/h4-9,12,16-18H,10-11,13-15H2,1-3H3. The zero-order valence-corrected chi connectivity index (χ0v) is 19.2. The van der Waals surface area contributed by atoms with Gasteiger partial charge in [0.05, 0.1) is 10.5 Å². The number of carbonyl (C=O) groups excluding carboxylic acids is 2. The Labute approximate surface area is 193 Å². The topological polar surface area (TPSA) is 93.0 Å². The fourth-order valence-electron chi connectivity index (χ4n) is 5.15. The zero-order chi connectivity index (χ0) is 23.7. The van der Waals surface area contributed by atoms with E-state index in [1.807, 2.05) is 36.1 Å². The first-order valence-electron chi connectivity index (χ1n) is 11.3. The molecule has 0 aliphatic carbocycles. The number of nitrogens with zero attached hydrogens (tertiary/aromatic N) is 3. The Hall–Kier alpha value is -3.42. The minimum Gasteiger partial charge on any atom is -0.452 e. The summed E-state index contributed by atoms with van der Waals surface area (Å²) in [5.41, 5.74) is 2.35. The number of hydrogen-bond acceptors (Lipinski definition) is 6. The van der Waals surface area contributed by atoms with Crippen molar-refractivity contribution >= 4 is 28.9 Å². The van der Waals surface area contributed by atoms with Crippen LogP contribution in [-0.4, -0.2) is 42.5 Å². The van der Waals surface area contributed by atoms with E-state index >= 15 is 0 Å². The van der Waals surface area contributed by atoms with E-state index < -0.39 is 17.5 Å². The highest BCUT2D eigenvalue weighted by Crippen LogP contribution is 2.34. The normalized spacial score (nSPS) is 22.1. The van der Waals surface area contributed by atoms with Crippen LogP contribution in [0.2, 0.25) is 0 Å². The van der Waals surface area contributed by atoms with Crippen LogP contribution in [0, 0.1) is 22.0 Å². The van der Waals surface area contributed by atoms with E-state index in [9.17, 15) is 19.7 Å². The van der Waals surface area contributed by atoms with Gasteiger partial charge >= 0.3 is 5.97 Å². The molecule has 0 spiro atoms. The van der Waals surface area contributed by atoms with Crippen molar-refractivity contribution in [2.75, 3.05) is 29.5 Å². The maximum Gasteiger partial charge on any atom is 0.338 e. The number of benzene rings is 2. The number of rotatable bonds is 5. The molecule has 1 amide bonds. The molecule has 0 saturated carbocycles. The van der Waals surface area contributed by atoms with Crippen LogP contribution in [0.1, 0.15) is 43.1 Å². The molecule has 174 valence electrons. The zero-order valence-electron chi connectivity index (χ0n) is 19.2. The van der Waals surface area contributed by atoms with Gasteiger partial charge in [0.15, 0.2) is 6.61 Å². The molecule has 3 atom stereocenters. The third-order valence-corrected chi connectivity index (χ3v) is 6.42. The van der Waals surface area contributed by atoms with Crippen LogP contribution in [0.5, 0.6) is 0 Å². The lowest BCUT2D eigenvalue weighted by atomic mass is 9.91. The molecule has 1 saturated heterocycles. The first kappa shape index (κ1) is 22.8. The summed E-state index contributed by atoms with van der Waals surface area (Å²) < 4.78 is 5.25. The Bertz CT molecular complexity index is 1080. The van der Waals surface area contributed by atoms with E-state index in [2.05, 4.69) is 13.8 Å². The second kappa shape index (κ2) is 9.21. The van der Waals surface area contributed by atoms with Crippen molar-refractivity contribution < 1.29 is 19.2 Å². The predicted octanol–water partition coefficient (Wildman–Crippen LogP) is 4.21. The second-order valence-electron chi connectivity index (χ2n) is 9.33. The van der Waals surface area contributed by atoms with Gasteiger partial charge in [-0.1, -0.05) is 32.0 Å². The van der Waals surface area contributed by atoms with E-state index in [0.717, 1.165) is 37.2 Å². The van der Waals surface area contributed by atoms with Crippen LogP contribution < -0.4 is 9.80 Å². The number of anilines is 2. The monoisotopic (exact) mass is 451 g/mol. The summed E-state index contributed by atoms with van der Waals surface area (Å²) in [5, 5.41) is 11.8. The fraction of sp³-hybridized carbons (Fsp3) is 0.440. The number of amides is 1. The van der Waals surface area contributed by atoms with Gasteiger partial charge in [-0.15, -0.1) is 0 Å². The van der Waals surface area contributed by atoms with Crippen molar-refractivity contribution in [2.45, 2.75) is 39.7 Å². The number of esters is 1. The number of ether oxygens (including phenoxy) is 1. The van der Waals surface area contributed by atoms with Crippen molar-refractivity contribution in [1.82, 2.24) is 0 Å². The third-order valence-electron chi connectivity index (χ3n) is 6.42. The SMILES string of the molecule is CC1CC(C)CN(c2ccc(C(=O)OCC(=O)N3c4ccccc4CC3C)cc2[N+](=O)[O-])C1. The molecule has 3 unspecified atom stereocenters. The Morgan fingerprint density at radius 2 is 1.76 bits per heavy atom. The lowest BCUT2D eigenvalue weighted by molar-refractivity contribution is -0.384. The van der Waals surface area contributed by atoms with Crippen LogP contribution in [0.15, 0.2) is 42.5 Å². The van der Waals surface area contributed by atoms with Crippen molar-refractivity contribution in [2.24, 2.45) is 11.8 Å². The Morgan fingerprint density at radius 3 is 2.45 bits per heavy atom. The van der Waals surface area contributed by atoms with Gasteiger partial charge in [0.25, 0.3) is 11.6 Å². The molecule has 33 heavy (non-hydrogen) atoms. The van der Waals surface area contributed by atoms with Crippen molar-refractivity contribution in [3.63, 3.8) is 0 Å². The second-order valence-corrected chi connectivity index (χ2v) is 9.33. The summed E-state index contributed by atoms with van der Waals surface area (Å²) in [5.74, 6) is -0.203. The van der Waals surface area contributed by atoms with Crippen LogP contribution in [0.3, 0.4) is 0 Å². The number of carbonyl (C=O) groups is 2.